The van der Waals surface area contributed by atoms with Gasteiger partial charge in [0.1, 0.15) is 10.1 Å². The number of nitrogens with zero attached hydrogens (tertiary/aromatic N) is 1. The van der Waals surface area contributed by atoms with Crippen LogP contribution in [0.5, 0.6) is 0 Å². The van der Waals surface area contributed by atoms with E-state index in [1.54, 1.807) is 18.5 Å². The highest BCUT2D eigenvalue weighted by atomic mass is 32.2. The van der Waals surface area contributed by atoms with Gasteiger partial charge in [-0.05, 0) is 29.7 Å². The Hall–Kier alpha value is -2.88. The summed E-state index contributed by atoms with van der Waals surface area (Å²) in [5.74, 6) is 7.15. The zero-order valence-electron chi connectivity index (χ0n) is 15.3. The van der Waals surface area contributed by atoms with Gasteiger partial charge in [0, 0.05) is 29.4 Å². The second kappa shape index (κ2) is 7.63. The summed E-state index contributed by atoms with van der Waals surface area (Å²) >= 11 is 6.23. The lowest BCUT2D eigenvalue weighted by molar-refractivity contribution is -0.115. The number of amides is 1. The van der Waals surface area contributed by atoms with E-state index in [4.69, 9.17) is 16.6 Å². The fraction of sp³-hybridized carbons (Fsp3) is 0.136. The molecule has 0 spiro atoms. The first kappa shape index (κ1) is 18.5. The lowest BCUT2D eigenvalue weighted by Gasteiger charge is -2.03. The van der Waals surface area contributed by atoms with Crippen LogP contribution in [0.4, 0.5) is 0 Å². The number of pyridine rings is 1. The van der Waals surface area contributed by atoms with Crippen molar-refractivity contribution in [3.8, 4) is 11.8 Å². The van der Waals surface area contributed by atoms with Crippen LogP contribution in [0, 0.1) is 11.8 Å². The maximum Gasteiger partial charge on any atom is 0.263 e. The third-order valence-corrected chi connectivity index (χ3v) is 5.44. The van der Waals surface area contributed by atoms with Crippen LogP contribution in [0.1, 0.15) is 42.2 Å². The molecule has 0 unspecified atom stereocenters. The molecule has 1 saturated heterocycles. The molecule has 138 valence electrons. The molecule has 3 heterocycles. The van der Waals surface area contributed by atoms with E-state index in [1.165, 1.54) is 17.3 Å². The second-order valence-corrected chi connectivity index (χ2v) is 8.35. The van der Waals surface area contributed by atoms with Crippen LogP contribution in [-0.4, -0.2) is 15.2 Å². The first-order chi connectivity index (χ1) is 13.5. The molecule has 1 aromatic carbocycles. The van der Waals surface area contributed by atoms with Crippen LogP contribution in [-0.2, 0) is 4.79 Å². The van der Waals surface area contributed by atoms with Crippen molar-refractivity contribution in [3.05, 3.63) is 70.1 Å². The summed E-state index contributed by atoms with van der Waals surface area (Å²) in [7, 11) is 0. The lowest BCUT2D eigenvalue weighted by atomic mass is 10.0. The number of benzene rings is 1. The molecule has 3 aromatic rings. The van der Waals surface area contributed by atoms with Crippen LogP contribution >= 0.6 is 24.0 Å². The number of nitrogens with one attached hydrogen (secondary N) is 1. The minimum absolute atomic E-state index is 0.210. The van der Waals surface area contributed by atoms with E-state index in [0.29, 0.717) is 32.1 Å². The van der Waals surface area contributed by atoms with Crippen LogP contribution in [0.3, 0.4) is 0 Å². The van der Waals surface area contributed by atoms with Crippen LogP contribution in [0.15, 0.2) is 52.0 Å². The molecule has 0 bridgehead atoms. The second-order valence-electron chi connectivity index (χ2n) is 6.63. The van der Waals surface area contributed by atoms with Crippen molar-refractivity contribution in [2.75, 3.05) is 0 Å². The average molecular weight is 405 g/mol. The lowest BCUT2D eigenvalue weighted by Crippen LogP contribution is -2.17. The van der Waals surface area contributed by atoms with Gasteiger partial charge in [0.25, 0.3) is 5.91 Å². The summed E-state index contributed by atoms with van der Waals surface area (Å²) in [4.78, 5) is 16.6. The SMILES string of the molecule is CC(C)c1ccc(C#Cc2cncc3cc(C=C4SC(=S)NC4=O)oc23)cc1. The van der Waals surface area contributed by atoms with Gasteiger partial charge < -0.3 is 9.73 Å². The van der Waals surface area contributed by atoms with E-state index in [0.717, 1.165) is 10.9 Å². The summed E-state index contributed by atoms with van der Waals surface area (Å²) in [5.41, 5.74) is 3.57. The van der Waals surface area contributed by atoms with Crippen molar-refractivity contribution in [2.24, 2.45) is 0 Å². The first-order valence-corrected chi connectivity index (χ1v) is 9.96. The number of hydrogen-bond donors (Lipinski definition) is 1. The molecular formula is C22H16N2O2S2. The smallest absolute Gasteiger partial charge is 0.263 e. The summed E-state index contributed by atoms with van der Waals surface area (Å²) < 4.78 is 6.38. The summed E-state index contributed by atoms with van der Waals surface area (Å²) in [5, 5.41) is 3.43. The number of carbonyl (C=O) groups excluding carboxylic acids is 1. The zero-order chi connectivity index (χ0) is 19.7. The molecule has 0 radical (unpaired) electrons. The van der Waals surface area contributed by atoms with E-state index >= 15 is 0 Å². The number of fused-ring (bicyclic) bond motifs is 1. The van der Waals surface area contributed by atoms with Gasteiger partial charge >= 0.3 is 0 Å². The van der Waals surface area contributed by atoms with E-state index in [2.05, 4.69) is 48.1 Å². The Labute approximate surface area is 172 Å². The van der Waals surface area contributed by atoms with Crippen LogP contribution in [0.25, 0.3) is 17.0 Å². The van der Waals surface area contributed by atoms with Crippen molar-refractivity contribution in [2.45, 2.75) is 19.8 Å². The molecule has 1 aliphatic heterocycles. The Morgan fingerprint density at radius 3 is 2.68 bits per heavy atom. The summed E-state index contributed by atoms with van der Waals surface area (Å²) in [6.07, 6.45) is 5.08. The highest BCUT2D eigenvalue weighted by molar-refractivity contribution is 8.26. The first-order valence-electron chi connectivity index (χ1n) is 8.74. The number of rotatable bonds is 2. The Morgan fingerprint density at radius 1 is 1.21 bits per heavy atom. The quantitative estimate of drug-likeness (QED) is 0.376. The molecule has 0 aliphatic carbocycles. The third-order valence-electron chi connectivity index (χ3n) is 4.28. The number of aromatic nitrogens is 1. The molecule has 1 amide bonds. The number of hydrogen-bond acceptors (Lipinski definition) is 5. The average Bonchev–Trinajstić information content (AvgIpc) is 3.22. The predicted molar refractivity (Wildman–Crippen MR) is 117 cm³/mol. The van der Waals surface area contributed by atoms with Crippen molar-refractivity contribution in [1.82, 2.24) is 10.3 Å². The van der Waals surface area contributed by atoms with Gasteiger partial charge in [-0.2, -0.15) is 0 Å². The summed E-state index contributed by atoms with van der Waals surface area (Å²) in [6.45, 7) is 4.33. The molecule has 1 N–H and O–H groups in total. The molecule has 1 fully saturated rings. The topological polar surface area (TPSA) is 55.1 Å². The van der Waals surface area contributed by atoms with Gasteiger partial charge in [0.2, 0.25) is 0 Å². The molecule has 6 heteroatoms. The molecule has 28 heavy (non-hydrogen) atoms. The van der Waals surface area contributed by atoms with Gasteiger partial charge in [0.05, 0.1) is 10.5 Å². The van der Waals surface area contributed by atoms with Gasteiger partial charge in [0.15, 0.2) is 5.58 Å². The number of furan rings is 1. The normalized spacial score (nSPS) is 15.2. The van der Waals surface area contributed by atoms with E-state index in [-0.39, 0.29) is 5.91 Å². The van der Waals surface area contributed by atoms with Gasteiger partial charge in [-0.3, -0.25) is 9.78 Å². The van der Waals surface area contributed by atoms with Gasteiger partial charge in [-0.15, -0.1) is 0 Å². The monoisotopic (exact) mass is 404 g/mol. The van der Waals surface area contributed by atoms with Crippen molar-refractivity contribution in [1.29, 1.82) is 0 Å². The van der Waals surface area contributed by atoms with Crippen molar-refractivity contribution >= 4 is 51.3 Å². The maximum absolute atomic E-state index is 11.8. The fourth-order valence-corrected chi connectivity index (χ4v) is 3.81. The Bertz CT molecular complexity index is 1180. The van der Waals surface area contributed by atoms with E-state index in [1.807, 2.05) is 18.2 Å². The Balaban J connectivity index is 1.66. The highest BCUT2D eigenvalue weighted by Crippen LogP contribution is 2.29. The fourth-order valence-electron chi connectivity index (χ4n) is 2.78. The zero-order valence-corrected chi connectivity index (χ0v) is 16.9. The van der Waals surface area contributed by atoms with Gasteiger partial charge in [-0.1, -0.05) is 61.8 Å². The van der Waals surface area contributed by atoms with Crippen LogP contribution in [0.2, 0.25) is 0 Å². The van der Waals surface area contributed by atoms with Crippen molar-refractivity contribution < 1.29 is 9.21 Å². The number of thiocarbonyl (C=S) groups is 1. The van der Waals surface area contributed by atoms with Crippen molar-refractivity contribution in [3.63, 3.8) is 0 Å². The molecule has 2 aromatic heterocycles. The number of carbonyl (C=O) groups is 1. The predicted octanol–water partition coefficient (Wildman–Crippen LogP) is 4.84. The standard InChI is InChI=1S/C22H16N2O2S2/c1-13(2)15-6-3-14(4-7-15)5-8-16-11-23-12-17-9-18(26-20(16)17)10-19-21(25)24-22(27)28-19/h3-4,6-7,9-13H,1-2H3,(H,24,25,27). The maximum atomic E-state index is 11.8. The minimum Gasteiger partial charge on any atom is -0.455 e. The van der Waals surface area contributed by atoms with E-state index < -0.39 is 0 Å². The molecular weight excluding hydrogens is 388 g/mol. The van der Waals surface area contributed by atoms with Gasteiger partial charge in [-0.25, -0.2) is 0 Å². The largest absolute Gasteiger partial charge is 0.455 e. The Kier molecular flexibility index (Phi) is 5.03. The molecule has 1 aliphatic rings. The van der Waals surface area contributed by atoms with Crippen LogP contribution < -0.4 is 5.32 Å². The third kappa shape index (κ3) is 3.86. The summed E-state index contributed by atoms with van der Waals surface area (Å²) in [6, 6.07) is 10.1. The molecule has 4 nitrogen and oxygen atoms in total. The Morgan fingerprint density at radius 2 is 2.00 bits per heavy atom. The molecule has 4 rings (SSSR count). The number of thioether (sulfide) groups is 1. The van der Waals surface area contributed by atoms with E-state index in [9.17, 15) is 4.79 Å². The highest BCUT2D eigenvalue weighted by Gasteiger charge is 2.22. The minimum atomic E-state index is -0.210. The molecule has 0 atom stereocenters. The molecule has 0 saturated carbocycles.